The Balaban J connectivity index is 1.63. The van der Waals surface area contributed by atoms with Crippen molar-refractivity contribution in [1.82, 2.24) is 20.0 Å². The number of nitrogens with one attached hydrogen (secondary N) is 1. The molecule has 2 atom stereocenters. The van der Waals surface area contributed by atoms with Crippen LogP contribution in [0.25, 0.3) is 0 Å². The first-order valence-corrected chi connectivity index (χ1v) is 8.30. The van der Waals surface area contributed by atoms with Gasteiger partial charge < -0.3 is 9.73 Å². The molecule has 1 aliphatic rings. The average Bonchev–Trinajstić information content (AvgIpc) is 3.29. The molecule has 0 aromatic carbocycles. The Morgan fingerprint density at radius 1 is 1.35 bits per heavy atom. The van der Waals surface area contributed by atoms with Crippen LogP contribution in [-0.2, 0) is 4.79 Å². The lowest BCUT2D eigenvalue weighted by atomic mass is 10.1. The predicted molar refractivity (Wildman–Crippen MR) is 86.8 cm³/mol. The molecule has 0 saturated carbocycles. The van der Waals surface area contributed by atoms with Crippen LogP contribution in [0.5, 0.6) is 0 Å². The van der Waals surface area contributed by atoms with Gasteiger partial charge in [0.15, 0.2) is 0 Å². The summed E-state index contributed by atoms with van der Waals surface area (Å²) in [6.07, 6.45) is 8.87. The van der Waals surface area contributed by atoms with Gasteiger partial charge in [-0.2, -0.15) is 5.10 Å². The van der Waals surface area contributed by atoms with Crippen LogP contribution in [0.4, 0.5) is 0 Å². The molecule has 1 amide bonds. The number of rotatable bonds is 6. The summed E-state index contributed by atoms with van der Waals surface area (Å²) in [5.41, 5.74) is 0. The van der Waals surface area contributed by atoms with Gasteiger partial charge >= 0.3 is 0 Å². The molecule has 0 bridgehead atoms. The van der Waals surface area contributed by atoms with E-state index in [0.29, 0.717) is 6.54 Å². The maximum atomic E-state index is 12.4. The third kappa shape index (κ3) is 3.82. The van der Waals surface area contributed by atoms with E-state index < -0.39 is 0 Å². The Morgan fingerprint density at radius 3 is 2.83 bits per heavy atom. The molecule has 1 aliphatic heterocycles. The van der Waals surface area contributed by atoms with Crippen molar-refractivity contribution in [3.05, 3.63) is 42.6 Å². The molecule has 0 spiro atoms. The maximum absolute atomic E-state index is 12.4. The Labute approximate surface area is 136 Å². The lowest BCUT2D eigenvalue weighted by Crippen LogP contribution is -2.42. The molecule has 23 heavy (non-hydrogen) atoms. The minimum absolute atomic E-state index is 0.0257. The summed E-state index contributed by atoms with van der Waals surface area (Å²) in [7, 11) is 0. The number of amides is 1. The normalized spacial score (nSPS) is 18.5. The molecule has 6 heteroatoms. The third-order valence-electron chi connectivity index (χ3n) is 4.47. The van der Waals surface area contributed by atoms with Crippen molar-refractivity contribution in [3.63, 3.8) is 0 Å². The van der Waals surface area contributed by atoms with Crippen molar-refractivity contribution in [3.8, 4) is 0 Å². The topological polar surface area (TPSA) is 63.3 Å². The molecule has 3 heterocycles. The van der Waals surface area contributed by atoms with Crippen molar-refractivity contribution in [2.75, 3.05) is 19.6 Å². The average molecular weight is 316 g/mol. The van der Waals surface area contributed by atoms with Crippen molar-refractivity contribution in [1.29, 1.82) is 0 Å². The van der Waals surface area contributed by atoms with Crippen molar-refractivity contribution in [2.24, 2.45) is 0 Å². The lowest BCUT2D eigenvalue weighted by molar-refractivity contribution is -0.124. The van der Waals surface area contributed by atoms with Gasteiger partial charge in [-0.3, -0.25) is 14.4 Å². The van der Waals surface area contributed by atoms with Gasteiger partial charge in [0, 0.05) is 18.9 Å². The van der Waals surface area contributed by atoms with Crippen LogP contribution < -0.4 is 5.32 Å². The molecular weight excluding hydrogens is 292 g/mol. The van der Waals surface area contributed by atoms with E-state index in [0.717, 1.165) is 18.8 Å². The first-order valence-electron chi connectivity index (χ1n) is 8.30. The molecule has 3 rings (SSSR count). The van der Waals surface area contributed by atoms with E-state index in [2.05, 4.69) is 15.3 Å². The number of furan rings is 1. The fourth-order valence-electron chi connectivity index (χ4n) is 3.10. The summed E-state index contributed by atoms with van der Waals surface area (Å²) in [5.74, 6) is 0.890. The zero-order chi connectivity index (χ0) is 16.1. The van der Waals surface area contributed by atoms with Crippen molar-refractivity contribution in [2.45, 2.75) is 38.3 Å². The molecule has 0 radical (unpaired) electrons. The molecule has 2 aromatic heterocycles. The summed E-state index contributed by atoms with van der Waals surface area (Å²) in [5, 5.41) is 7.19. The smallest absolute Gasteiger partial charge is 0.244 e. The maximum Gasteiger partial charge on any atom is 0.244 e. The van der Waals surface area contributed by atoms with Gasteiger partial charge in [0.1, 0.15) is 11.8 Å². The summed E-state index contributed by atoms with van der Waals surface area (Å²) >= 11 is 0. The van der Waals surface area contributed by atoms with Crippen LogP contribution >= 0.6 is 0 Å². The molecule has 124 valence electrons. The fourth-order valence-corrected chi connectivity index (χ4v) is 3.10. The van der Waals surface area contributed by atoms with E-state index in [-0.39, 0.29) is 18.0 Å². The van der Waals surface area contributed by atoms with E-state index in [4.69, 9.17) is 4.42 Å². The zero-order valence-corrected chi connectivity index (χ0v) is 13.5. The second-order valence-corrected chi connectivity index (χ2v) is 6.04. The predicted octanol–water partition coefficient (Wildman–Crippen LogP) is 2.38. The summed E-state index contributed by atoms with van der Waals surface area (Å²) < 4.78 is 7.27. The first-order chi connectivity index (χ1) is 11.3. The summed E-state index contributed by atoms with van der Waals surface area (Å²) in [4.78, 5) is 14.8. The molecule has 1 saturated heterocycles. The highest BCUT2D eigenvalue weighted by Gasteiger charge is 2.26. The van der Waals surface area contributed by atoms with Crippen LogP contribution in [-0.4, -0.2) is 40.2 Å². The molecule has 1 N–H and O–H groups in total. The van der Waals surface area contributed by atoms with E-state index in [9.17, 15) is 4.79 Å². The second kappa shape index (κ2) is 7.46. The number of piperidine rings is 1. The summed E-state index contributed by atoms with van der Waals surface area (Å²) in [6.45, 7) is 4.51. The monoisotopic (exact) mass is 316 g/mol. The largest absolute Gasteiger partial charge is 0.468 e. The Kier molecular flexibility index (Phi) is 5.12. The number of likely N-dealkylation sites (tertiary alicyclic amines) is 1. The minimum atomic E-state index is -0.316. The fraction of sp³-hybridized carbons (Fsp3) is 0.529. The van der Waals surface area contributed by atoms with Crippen LogP contribution in [0.2, 0.25) is 0 Å². The quantitative estimate of drug-likeness (QED) is 0.889. The number of hydrogen-bond acceptors (Lipinski definition) is 4. The van der Waals surface area contributed by atoms with Gasteiger partial charge in [-0.25, -0.2) is 0 Å². The number of aromatic nitrogens is 2. The van der Waals surface area contributed by atoms with Crippen LogP contribution in [0.15, 0.2) is 41.3 Å². The Bertz CT molecular complexity index is 588. The van der Waals surface area contributed by atoms with E-state index in [1.807, 2.05) is 25.1 Å². The van der Waals surface area contributed by atoms with E-state index in [1.165, 1.54) is 19.3 Å². The molecule has 0 unspecified atom stereocenters. The highest BCUT2D eigenvalue weighted by atomic mass is 16.3. The van der Waals surface area contributed by atoms with Gasteiger partial charge in [-0.1, -0.05) is 6.42 Å². The number of nitrogens with zero attached hydrogens (tertiary/aromatic N) is 3. The van der Waals surface area contributed by atoms with E-state index >= 15 is 0 Å². The second-order valence-electron chi connectivity index (χ2n) is 6.04. The summed E-state index contributed by atoms with van der Waals surface area (Å²) in [6, 6.07) is 5.49. The minimum Gasteiger partial charge on any atom is -0.468 e. The first kappa shape index (κ1) is 15.8. The standard InChI is InChI=1S/C17H24N4O2/c1-14(21-11-6-8-19-21)17(22)18-13-15(16-7-5-12-23-16)20-9-3-2-4-10-20/h5-8,11-12,14-15H,2-4,9-10,13H2,1H3,(H,18,22)/t14-,15-/m1/s1. The van der Waals surface area contributed by atoms with Crippen LogP contribution in [0.3, 0.4) is 0 Å². The van der Waals surface area contributed by atoms with Gasteiger partial charge in [0.25, 0.3) is 0 Å². The SMILES string of the molecule is C[C@H](C(=O)NC[C@H](c1ccco1)N1CCCCC1)n1cccn1. The van der Waals surface area contributed by atoms with Crippen LogP contribution in [0, 0.1) is 0 Å². The van der Waals surface area contributed by atoms with E-state index in [1.54, 1.807) is 23.3 Å². The lowest BCUT2D eigenvalue weighted by Gasteiger charge is -2.33. The third-order valence-corrected chi connectivity index (χ3v) is 4.47. The van der Waals surface area contributed by atoms with Gasteiger partial charge in [-0.15, -0.1) is 0 Å². The van der Waals surface area contributed by atoms with Crippen molar-refractivity contribution >= 4 is 5.91 Å². The van der Waals surface area contributed by atoms with Gasteiger partial charge in [0.05, 0.1) is 12.3 Å². The van der Waals surface area contributed by atoms with Crippen LogP contribution in [0.1, 0.15) is 44.0 Å². The molecular formula is C17H24N4O2. The van der Waals surface area contributed by atoms with Gasteiger partial charge in [-0.05, 0) is 51.1 Å². The molecule has 0 aliphatic carbocycles. The van der Waals surface area contributed by atoms with Gasteiger partial charge in [0.2, 0.25) is 5.91 Å². The highest BCUT2D eigenvalue weighted by molar-refractivity contribution is 5.79. The molecule has 6 nitrogen and oxygen atoms in total. The van der Waals surface area contributed by atoms with Crippen molar-refractivity contribution < 1.29 is 9.21 Å². The number of carbonyl (C=O) groups excluding carboxylic acids is 1. The highest BCUT2D eigenvalue weighted by Crippen LogP contribution is 2.24. The zero-order valence-electron chi connectivity index (χ0n) is 13.5. The molecule has 2 aromatic rings. The Hall–Kier alpha value is -2.08. The molecule has 1 fully saturated rings. The number of carbonyl (C=O) groups is 1. The Morgan fingerprint density at radius 2 is 2.17 bits per heavy atom. The number of hydrogen-bond donors (Lipinski definition) is 1.